The molecule has 0 N–H and O–H groups in total. The highest BCUT2D eigenvalue weighted by Gasteiger charge is 2.18. The van der Waals surface area contributed by atoms with Crippen LogP contribution in [0.5, 0.6) is 0 Å². The molecule has 4 aromatic heterocycles. The van der Waals surface area contributed by atoms with Gasteiger partial charge in [0.25, 0.3) is 0 Å². The fourth-order valence-corrected chi connectivity index (χ4v) is 8.05. The summed E-state index contributed by atoms with van der Waals surface area (Å²) in [5.74, 6) is 0. The molecule has 0 aliphatic heterocycles. The predicted octanol–water partition coefficient (Wildman–Crippen LogP) is 12.3. The third-order valence-electron chi connectivity index (χ3n) is 10.4. The van der Waals surface area contributed by atoms with Gasteiger partial charge in [0.15, 0.2) is 0 Å². The smallest absolute Gasteiger partial charge is 0.136 e. The molecule has 0 fully saturated rings. The molecule has 4 heterocycles. The zero-order valence-corrected chi connectivity index (χ0v) is 26.8. The maximum absolute atomic E-state index is 6.58. The molecule has 11 rings (SSSR count). The largest absolute Gasteiger partial charge is 0.456 e. The van der Waals surface area contributed by atoms with E-state index in [4.69, 9.17) is 4.42 Å². The molecule has 0 saturated heterocycles. The molecular weight excluding hydrogens is 611 g/mol. The average molecular weight is 638 g/mol. The molecule has 0 aliphatic rings. The summed E-state index contributed by atoms with van der Waals surface area (Å²) in [6.07, 6.45) is 7.40. The van der Waals surface area contributed by atoms with Crippen molar-refractivity contribution in [3.8, 4) is 27.9 Å². The van der Waals surface area contributed by atoms with E-state index in [-0.39, 0.29) is 0 Å². The lowest BCUT2D eigenvalue weighted by molar-refractivity contribution is 0.669. The quantitative estimate of drug-likeness (QED) is 0.181. The summed E-state index contributed by atoms with van der Waals surface area (Å²) in [6.45, 7) is 0. The molecule has 0 radical (unpaired) electrons. The number of aromatic nitrogens is 3. The standard InChI is InChI=1S/C46H27N3O/c1-3-7-35-33(5-1)34-6-2-4-8-36(34)38-27-46-42(26-37(35)38)41-25-32(11-14-45(41)50-46)49-43-12-9-30(28-15-19-47-20-16-28)23-39(43)40-24-31(10-13-44(40)49)29-17-21-48-22-18-29/h1-27H. The minimum absolute atomic E-state index is 0.883. The van der Waals surface area contributed by atoms with Gasteiger partial charge in [0.05, 0.1) is 11.0 Å². The fraction of sp³-hybridized carbons (Fsp3) is 0. The van der Waals surface area contributed by atoms with E-state index < -0.39 is 0 Å². The number of hydrogen-bond acceptors (Lipinski definition) is 3. The van der Waals surface area contributed by atoms with Crippen molar-refractivity contribution in [1.82, 2.24) is 14.5 Å². The fourth-order valence-electron chi connectivity index (χ4n) is 8.05. The van der Waals surface area contributed by atoms with E-state index in [9.17, 15) is 0 Å². The van der Waals surface area contributed by atoms with Crippen molar-refractivity contribution in [1.29, 1.82) is 0 Å². The topological polar surface area (TPSA) is 43.9 Å². The van der Waals surface area contributed by atoms with Gasteiger partial charge in [-0.1, -0.05) is 60.7 Å². The normalized spacial score (nSPS) is 12.0. The Bertz CT molecular complexity index is 3040. The van der Waals surface area contributed by atoms with Gasteiger partial charge in [0.1, 0.15) is 11.2 Å². The summed E-state index contributed by atoms with van der Waals surface area (Å²) in [6, 6.07) is 50.4. The van der Waals surface area contributed by atoms with Gasteiger partial charge in [0, 0.05) is 52.0 Å². The molecule has 0 saturated carbocycles. The van der Waals surface area contributed by atoms with Crippen LogP contribution in [0, 0.1) is 0 Å². The number of hydrogen-bond donors (Lipinski definition) is 0. The summed E-state index contributed by atoms with van der Waals surface area (Å²) in [5.41, 5.74) is 9.80. The maximum atomic E-state index is 6.58. The highest BCUT2D eigenvalue weighted by atomic mass is 16.3. The first-order valence-corrected chi connectivity index (χ1v) is 16.9. The van der Waals surface area contributed by atoms with Gasteiger partial charge < -0.3 is 8.98 Å². The van der Waals surface area contributed by atoms with Gasteiger partial charge in [-0.3, -0.25) is 9.97 Å². The molecule has 0 bridgehead atoms. The summed E-state index contributed by atoms with van der Waals surface area (Å²) < 4.78 is 8.97. The van der Waals surface area contributed by atoms with E-state index in [1.54, 1.807) is 0 Å². The molecule has 11 aromatic rings. The minimum Gasteiger partial charge on any atom is -0.456 e. The Morgan fingerprint density at radius 1 is 0.340 bits per heavy atom. The lowest BCUT2D eigenvalue weighted by atomic mass is 9.93. The highest BCUT2D eigenvalue weighted by molar-refractivity contribution is 6.28. The Labute approximate surface area is 286 Å². The molecule has 50 heavy (non-hydrogen) atoms. The van der Waals surface area contributed by atoms with Crippen molar-refractivity contribution in [2.75, 3.05) is 0 Å². The number of pyridine rings is 2. The number of fused-ring (bicyclic) bond motifs is 12. The van der Waals surface area contributed by atoms with Crippen molar-refractivity contribution in [3.05, 3.63) is 164 Å². The molecule has 232 valence electrons. The second-order valence-electron chi connectivity index (χ2n) is 13.0. The summed E-state index contributed by atoms with van der Waals surface area (Å²) >= 11 is 0. The lowest BCUT2D eigenvalue weighted by Gasteiger charge is -2.10. The Balaban J connectivity index is 1.18. The van der Waals surface area contributed by atoms with Crippen LogP contribution in [0.3, 0.4) is 0 Å². The summed E-state index contributed by atoms with van der Waals surface area (Å²) in [7, 11) is 0. The van der Waals surface area contributed by atoms with Crippen LogP contribution in [0.15, 0.2) is 169 Å². The molecular formula is C46H27N3O. The predicted molar refractivity (Wildman–Crippen MR) is 207 cm³/mol. The van der Waals surface area contributed by atoms with E-state index in [2.05, 4.69) is 154 Å². The summed E-state index contributed by atoms with van der Waals surface area (Å²) in [4.78, 5) is 8.48. The molecule has 0 aliphatic carbocycles. The minimum atomic E-state index is 0.883. The Hall–Kier alpha value is -6.78. The van der Waals surface area contributed by atoms with Gasteiger partial charge in [0.2, 0.25) is 0 Å². The van der Waals surface area contributed by atoms with Crippen LogP contribution in [-0.2, 0) is 0 Å². The highest BCUT2D eigenvalue weighted by Crippen LogP contribution is 2.42. The van der Waals surface area contributed by atoms with Crippen LogP contribution in [0.2, 0.25) is 0 Å². The van der Waals surface area contributed by atoms with Crippen LogP contribution in [-0.4, -0.2) is 14.5 Å². The van der Waals surface area contributed by atoms with E-state index >= 15 is 0 Å². The number of rotatable bonds is 3. The van der Waals surface area contributed by atoms with Crippen LogP contribution in [0.1, 0.15) is 0 Å². The molecule has 0 atom stereocenters. The van der Waals surface area contributed by atoms with Crippen molar-refractivity contribution >= 4 is 76.1 Å². The first-order valence-electron chi connectivity index (χ1n) is 16.9. The second kappa shape index (κ2) is 10.4. The van der Waals surface area contributed by atoms with Gasteiger partial charge in [-0.15, -0.1) is 0 Å². The number of nitrogens with zero attached hydrogens (tertiary/aromatic N) is 3. The van der Waals surface area contributed by atoms with Crippen LogP contribution >= 0.6 is 0 Å². The second-order valence-corrected chi connectivity index (χ2v) is 13.0. The Morgan fingerprint density at radius 2 is 0.840 bits per heavy atom. The first kappa shape index (κ1) is 27.2. The molecule has 0 spiro atoms. The zero-order chi connectivity index (χ0) is 32.8. The van der Waals surface area contributed by atoms with Crippen LogP contribution < -0.4 is 0 Å². The Morgan fingerprint density at radius 3 is 1.40 bits per heavy atom. The third-order valence-corrected chi connectivity index (χ3v) is 10.4. The van der Waals surface area contributed by atoms with Crippen molar-refractivity contribution in [2.24, 2.45) is 0 Å². The average Bonchev–Trinajstić information content (AvgIpc) is 3.72. The zero-order valence-electron chi connectivity index (χ0n) is 26.8. The third kappa shape index (κ3) is 3.93. The van der Waals surface area contributed by atoms with Gasteiger partial charge in [-0.2, -0.15) is 0 Å². The molecule has 4 nitrogen and oxygen atoms in total. The maximum Gasteiger partial charge on any atom is 0.136 e. The van der Waals surface area contributed by atoms with Crippen LogP contribution in [0.4, 0.5) is 0 Å². The SMILES string of the molecule is c1ccc2c(c1)c1ccccc1c1cc3c(cc21)oc1ccc(-n2c4ccc(-c5ccncc5)cc4c4cc(-c5ccncc5)ccc42)cc13. The lowest BCUT2D eigenvalue weighted by Crippen LogP contribution is -1.93. The van der Waals surface area contributed by atoms with E-state index in [1.165, 1.54) is 43.1 Å². The van der Waals surface area contributed by atoms with Crippen molar-refractivity contribution in [2.45, 2.75) is 0 Å². The molecule has 0 unspecified atom stereocenters. The van der Waals surface area contributed by atoms with Crippen molar-refractivity contribution < 1.29 is 4.42 Å². The van der Waals surface area contributed by atoms with Crippen LogP contribution in [0.25, 0.3) is 104 Å². The van der Waals surface area contributed by atoms with E-state index in [0.29, 0.717) is 0 Å². The van der Waals surface area contributed by atoms with E-state index in [1.807, 2.05) is 24.8 Å². The van der Waals surface area contributed by atoms with Gasteiger partial charge >= 0.3 is 0 Å². The van der Waals surface area contributed by atoms with Crippen molar-refractivity contribution in [3.63, 3.8) is 0 Å². The molecule has 7 aromatic carbocycles. The monoisotopic (exact) mass is 637 g/mol. The number of benzene rings is 7. The molecule has 4 heteroatoms. The van der Waals surface area contributed by atoms with E-state index in [0.717, 1.165) is 60.9 Å². The molecule has 0 amide bonds. The first-order chi connectivity index (χ1) is 24.8. The number of furan rings is 1. The van der Waals surface area contributed by atoms with Gasteiger partial charge in [-0.25, -0.2) is 0 Å². The Kier molecular flexibility index (Phi) is 5.63. The van der Waals surface area contributed by atoms with Gasteiger partial charge in [-0.05, 0) is 133 Å². The summed E-state index contributed by atoms with van der Waals surface area (Å²) in [5, 5.41) is 12.1.